The summed E-state index contributed by atoms with van der Waals surface area (Å²) >= 11 is 12.2. The fourth-order valence-corrected chi connectivity index (χ4v) is 3.85. The van der Waals surface area contributed by atoms with Gasteiger partial charge in [0.1, 0.15) is 6.04 Å². The molecular weight excluding hydrogens is 443 g/mol. The van der Waals surface area contributed by atoms with Crippen LogP contribution in [0, 0.1) is 0 Å². The number of benzene rings is 2. The number of nitrogens with one attached hydrogen (secondary N) is 1. The first kappa shape index (κ1) is 26.2. The number of halogens is 2. The van der Waals surface area contributed by atoms with Crippen molar-refractivity contribution >= 4 is 35.0 Å². The van der Waals surface area contributed by atoms with Gasteiger partial charge in [-0.15, -0.1) is 0 Å². The maximum atomic E-state index is 13.3. The zero-order valence-electron chi connectivity index (χ0n) is 19.5. The summed E-state index contributed by atoms with van der Waals surface area (Å²) in [4.78, 5) is 28.0. The van der Waals surface area contributed by atoms with E-state index in [2.05, 4.69) is 36.5 Å². The minimum absolute atomic E-state index is 0.0514. The predicted octanol–water partition coefficient (Wildman–Crippen LogP) is 6.21. The van der Waals surface area contributed by atoms with Crippen molar-refractivity contribution in [2.24, 2.45) is 0 Å². The highest BCUT2D eigenvalue weighted by atomic mass is 35.5. The lowest BCUT2D eigenvalue weighted by atomic mass is 10.0. The molecule has 2 aromatic carbocycles. The van der Waals surface area contributed by atoms with Crippen LogP contribution in [0.4, 0.5) is 0 Å². The number of carbonyl (C=O) groups is 2. The van der Waals surface area contributed by atoms with Crippen molar-refractivity contribution in [2.75, 3.05) is 0 Å². The van der Waals surface area contributed by atoms with E-state index in [4.69, 9.17) is 23.2 Å². The normalized spacial score (nSPS) is 12.8. The Morgan fingerprint density at radius 2 is 1.53 bits per heavy atom. The Kier molecular flexibility index (Phi) is 10.5. The average Bonchev–Trinajstić information content (AvgIpc) is 2.79. The Bertz CT molecular complexity index is 899. The molecule has 6 heteroatoms. The van der Waals surface area contributed by atoms with Crippen molar-refractivity contribution in [2.45, 2.75) is 78.4 Å². The van der Waals surface area contributed by atoms with E-state index in [1.807, 2.05) is 26.8 Å². The van der Waals surface area contributed by atoms with Crippen molar-refractivity contribution in [1.82, 2.24) is 10.2 Å². The Morgan fingerprint density at radius 1 is 0.906 bits per heavy atom. The van der Waals surface area contributed by atoms with Gasteiger partial charge in [-0.3, -0.25) is 9.59 Å². The number of aryl methyl sites for hydroxylation is 2. The molecule has 0 aromatic heterocycles. The number of hydrogen-bond donors (Lipinski definition) is 1. The quantitative estimate of drug-likeness (QED) is 0.418. The van der Waals surface area contributed by atoms with Crippen molar-refractivity contribution in [3.63, 3.8) is 0 Å². The molecule has 0 heterocycles. The summed E-state index contributed by atoms with van der Waals surface area (Å²) in [6.45, 7) is 8.34. The van der Waals surface area contributed by atoms with Gasteiger partial charge in [-0.1, -0.05) is 74.3 Å². The van der Waals surface area contributed by atoms with Gasteiger partial charge in [0.15, 0.2) is 0 Å². The van der Waals surface area contributed by atoms with Crippen molar-refractivity contribution < 1.29 is 9.59 Å². The monoisotopic (exact) mass is 476 g/mol. The summed E-state index contributed by atoms with van der Waals surface area (Å²) in [6, 6.07) is 13.2. The second-order valence-corrected chi connectivity index (χ2v) is 9.00. The molecule has 2 atom stereocenters. The molecule has 0 unspecified atom stereocenters. The van der Waals surface area contributed by atoms with Crippen LogP contribution in [0.15, 0.2) is 42.5 Å². The van der Waals surface area contributed by atoms with E-state index in [0.29, 0.717) is 35.9 Å². The molecule has 0 spiro atoms. The van der Waals surface area contributed by atoms with E-state index in [9.17, 15) is 9.59 Å². The Hall–Kier alpha value is -2.04. The number of carbonyl (C=O) groups excluding carboxylic acids is 2. The zero-order valence-corrected chi connectivity index (χ0v) is 21.0. The van der Waals surface area contributed by atoms with Crippen molar-refractivity contribution in [1.29, 1.82) is 0 Å². The van der Waals surface area contributed by atoms with Crippen LogP contribution < -0.4 is 5.32 Å². The maximum Gasteiger partial charge on any atom is 0.243 e. The topological polar surface area (TPSA) is 49.4 Å². The molecule has 2 amide bonds. The van der Waals surface area contributed by atoms with Crippen LogP contribution in [0.1, 0.15) is 63.6 Å². The molecule has 0 radical (unpaired) electrons. The van der Waals surface area contributed by atoms with Gasteiger partial charge in [0.2, 0.25) is 11.8 Å². The Balaban J connectivity index is 2.22. The van der Waals surface area contributed by atoms with Gasteiger partial charge in [-0.05, 0) is 61.4 Å². The SMILES string of the molecule is CCc1ccc(CCC(=O)N(Cc2ccc(Cl)c(Cl)c2)[C@@H](CC)C(=O)N[C@H](C)CC)cc1. The third-order valence-electron chi connectivity index (χ3n) is 5.78. The highest BCUT2D eigenvalue weighted by Gasteiger charge is 2.29. The van der Waals surface area contributed by atoms with Crippen LogP contribution in [0.25, 0.3) is 0 Å². The van der Waals surface area contributed by atoms with Crippen LogP contribution in [0.3, 0.4) is 0 Å². The molecule has 0 bridgehead atoms. The molecule has 2 rings (SSSR count). The zero-order chi connectivity index (χ0) is 23.7. The molecule has 2 aromatic rings. The number of amides is 2. The smallest absolute Gasteiger partial charge is 0.243 e. The van der Waals surface area contributed by atoms with Crippen LogP contribution in [-0.2, 0) is 29.0 Å². The van der Waals surface area contributed by atoms with Gasteiger partial charge in [0.25, 0.3) is 0 Å². The third-order valence-corrected chi connectivity index (χ3v) is 6.52. The van der Waals surface area contributed by atoms with Gasteiger partial charge in [0, 0.05) is 19.0 Å². The van der Waals surface area contributed by atoms with Crippen LogP contribution >= 0.6 is 23.2 Å². The van der Waals surface area contributed by atoms with Gasteiger partial charge in [-0.2, -0.15) is 0 Å². The minimum Gasteiger partial charge on any atom is -0.352 e. The number of rotatable bonds is 11. The molecule has 0 saturated heterocycles. The second-order valence-electron chi connectivity index (χ2n) is 8.18. The molecule has 4 nitrogen and oxygen atoms in total. The predicted molar refractivity (Wildman–Crippen MR) is 133 cm³/mol. The van der Waals surface area contributed by atoms with Crippen LogP contribution in [0.2, 0.25) is 10.0 Å². The molecule has 32 heavy (non-hydrogen) atoms. The second kappa shape index (κ2) is 12.9. The molecule has 0 fully saturated rings. The van der Waals surface area contributed by atoms with Crippen LogP contribution in [-0.4, -0.2) is 28.8 Å². The summed E-state index contributed by atoms with van der Waals surface area (Å²) in [5, 5.41) is 3.93. The first-order chi connectivity index (χ1) is 15.3. The molecule has 0 saturated carbocycles. The van der Waals surface area contributed by atoms with E-state index in [-0.39, 0.29) is 17.9 Å². The van der Waals surface area contributed by atoms with E-state index < -0.39 is 6.04 Å². The van der Waals surface area contributed by atoms with Crippen molar-refractivity contribution in [3.8, 4) is 0 Å². The first-order valence-electron chi connectivity index (χ1n) is 11.4. The van der Waals surface area contributed by atoms with Gasteiger partial charge in [-0.25, -0.2) is 0 Å². The number of hydrogen-bond acceptors (Lipinski definition) is 2. The minimum atomic E-state index is -0.548. The average molecular weight is 477 g/mol. The maximum absolute atomic E-state index is 13.3. The Morgan fingerprint density at radius 3 is 2.09 bits per heavy atom. The molecule has 0 aliphatic heterocycles. The fourth-order valence-electron chi connectivity index (χ4n) is 3.53. The van der Waals surface area contributed by atoms with E-state index in [1.54, 1.807) is 17.0 Å². The highest BCUT2D eigenvalue weighted by Crippen LogP contribution is 2.24. The van der Waals surface area contributed by atoms with Crippen molar-refractivity contribution in [3.05, 3.63) is 69.2 Å². The summed E-state index contributed by atoms with van der Waals surface area (Å²) in [5.41, 5.74) is 3.23. The lowest BCUT2D eigenvalue weighted by Crippen LogP contribution is -2.50. The van der Waals surface area contributed by atoms with Gasteiger partial charge >= 0.3 is 0 Å². The van der Waals surface area contributed by atoms with E-state index in [0.717, 1.165) is 24.0 Å². The summed E-state index contributed by atoms with van der Waals surface area (Å²) in [5.74, 6) is -0.177. The van der Waals surface area contributed by atoms with Crippen LogP contribution in [0.5, 0.6) is 0 Å². The molecular formula is C26H34Cl2N2O2. The summed E-state index contributed by atoms with van der Waals surface area (Å²) in [6.07, 6.45) is 3.31. The molecule has 0 aliphatic rings. The van der Waals surface area contributed by atoms with E-state index in [1.165, 1.54) is 5.56 Å². The largest absolute Gasteiger partial charge is 0.352 e. The highest BCUT2D eigenvalue weighted by molar-refractivity contribution is 6.42. The van der Waals surface area contributed by atoms with E-state index >= 15 is 0 Å². The Labute approximate surface area is 202 Å². The fraction of sp³-hybridized carbons (Fsp3) is 0.462. The lowest BCUT2D eigenvalue weighted by molar-refractivity contribution is -0.141. The first-order valence-corrected chi connectivity index (χ1v) is 12.2. The molecule has 1 N–H and O–H groups in total. The van der Waals surface area contributed by atoms with Gasteiger partial charge in [0.05, 0.1) is 10.0 Å². The summed E-state index contributed by atoms with van der Waals surface area (Å²) < 4.78 is 0. The lowest BCUT2D eigenvalue weighted by Gasteiger charge is -2.31. The standard InChI is InChI=1S/C26H34Cl2N2O2/c1-5-18(4)29-26(32)24(7-3)30(17-21-12-14-22(27)23(28)16-21)25(31)15-13-20-10-8-19(6-2)9-11-20/h8-12,14,16,18,24H,5-7,13,15,17H2,1-4H3,(H,29,32)/t18-,24+/m1/s1. The third kappa shape index (κ3) is 7.53. The summed E-state index contributed by atoms with van der Waals surface area (Å²) in [7, 11) is 0. The molecule has 0 aliphatic carbocycles. The van der Waals surface area contributed by atoms with Gasteiger partial charge < -0.3 is 10.2 Å². The number of nitrogens with zero attached hydrogens (tertiary/aromatic N) is 1. The molecule has 174 valence electrons.